The monoisotopic (exact) mass is 298 g/mol. The van der Waals surface area contributed by atoms with Crippen molar-refractivity contribution < 1.29 is 9.53 Å². The zero-order valence-electron chi connectivity index (χ0n) is 11.6. The number of rotatable bonds is 5. The van der Waals surface area contributed by atoms with E-state index in [1.165, 1.54) is 19.3 Å². The molecule has 0 saturated heterocycles. The smallest absolute Gasteiger partial charge is 0.250 e. The topological polar surface area (TPSA) is 64.3 Å². The molecule has 0 bridgehead atoms. The molecule has 1 aliphatic carbocycles. The van der Waals surface area contributed by atoms with Gasteiger partial charge in [-0.05, 0) is 30.5 Å². The largest absolute Gasteiger partial charge is 0.368 e. The zero-order valence-corrected chi connectivity index (χ0v) is 12.5. The second-order valence-corrected chi connectivity index (χ2v) is 5.02. The maximum atomic E-state index is 11.7. The summed E-state index contributed by atoms with van der Waals surface area (Å²) in [6.07, 6.45) is 6.15. The number of halogens is 1. The molecule has 5 heteroatoms. The van der Waals surface area contributed by atoms with Crippen LogP contribution in [0, 0.1) is 0 Å². The molecule has 1 aromatic rings. The van der Waals surface area contributed by atoms with Crippen LogP contribution in [0.1, 0.15) is 37.7 Å². The summed E-state index contributed by atoms with van der Waals surface area (Å²) in [6.45, 7) is 0.655. The third kappa shape index (κ3) is 5.49. The van der Waals surface area contributed by atoms with Crippen LogP contribution in [0.5, 0.6) is 0 Å². The quantitative estimate of drug-likeness (QED) is 0.878. The first-order valence-corrected chi connectivity index (χ1v) is 6.98. The Morgan fingerprint density at radius 1 is 1.20 bits per heavy atom. The summed E-state index contributed by atoms with van der Waals surface area (Å²) in [5.41, 5.74) is 7.36. The van der Waals surface area contributed by atoms with Gasteiger partial charge in [0.1, 0.15) is 6.61 Å². The first-order valence-electron chi connectivity index (χ1n) is 6.98. The normalized spacial score (nSPS) is 15.4. The molecule has 1 aliphatic rings. The van der Waals surface area contributed by atoms with Crippen LogP contribution in [0.3, 0.4) is 0 Å². The Morgan fingerprint density at radius 3 is 2.45 bits per heavy atom. The summed E-state index contributed by atoms with van der Waals surface area (Å²) in [5, 5.41) is 2.83. The molecule has 0 radical (unpaired) electrons. The van der Waals surface area contributed by atoms with E-state index >= 15 is 0 Å². The molecule has 0 aliphatic heterocycles. The lowest BCUT2D eigenvalue weighted by Gasteiger charge is -2.21. The number of benzene rings is 1. The average Bonchev–Trinajstić information content (AvgIpc) is 2.47. The summed E-state index contributed by atoms with van der Waals surface area (Å²) < 4.78 is 5.63. The number of nitrogens with two attached hydrogens (primary N) is 1. The minimum atomic E-state index is -0.0916. The Labute approximate surface area is 126 Å². The average molecular weight is 299 g/mol. The number of nitrogens with one attached hydrogen (secondary N) is 1. The van der Waals surface area contributed by atoms with Crippen molar-refractivity contribution in [3.05, 3.63) is 29.8 Å². The van der Waals surface area contributed by atoms with E-state index in [0.717, 1.165) is 24.1 Å². The van der Waals surface area contributed by atoms with E-state index < -0.39 is 0 Å². The van der Waals surface area contributed by atoms with Crippen LogP contribution < -0.4 is 11.1 Å². The van der Waals surface area contributed by atoms with E-state index in [-0.39, 0.29) is 31.0 Å². The van der Waals surface area contributed by atoms with Crippen LogP contribution >= 0.6 is 12.4 Å². The van der Waals surface area contributed by atoms with Gasteiger partial charge >= 0.3 is 0 Å². The molecule has 1 amide bonds. The molecule has 4 nitrogen and oxygen atoms in total. The molecular formula is C15H23ClN2O2. The lowest BCUT2D eigenvalue weighted by atomic mass is 9.98. The molecule has 0 aromatic heterocycles. The molecular weight excluding hydrogens is 276 g/mol. The highest BCUT2D eigenvalue weighted by Gasteiger charge is 2.15. The van der Waals surface area contributed by atoms with Crippen LogP contribution in [0.15, 0.2) is 24.3 Å². The fourth-order valence-corrected chi connectivity index (χ4v) is 2.35. The number of amides is 1. The van der Waals surface area contributed by atoms with Gasteiger partial charge in [0.15, 0.2) is 0 Å². The number of ether oxygens (including phenoxy) is 1. The first-order chi connectivity index (χ1) is 9.28. The van der Waals surface area contributed by atoms with Crippen LogP contribution in [0.4, 0.5) is 5.69 Å². The zero-order chi connectivity index (χ0) is 13.5. The molecule has 1 fully saturated rings. The number of carbonyl (C=O) groups is 1. The summed E-state index contributed by atoms with van der Waals surface area (Å²) in [6, 6.07) is 7.55. The summed E-state index contributed by atoms with van der Waals surface area (Å²) >= 11 is 0. The third-order valence-corrected chi connectivity index (χ3v) is 3.48. The van der Waals surface area contributed by atoms with E-state index in [2.05, 4.69) is 5.32 Å². The number of anilines is 1. The molecule has 0 heterocycles. The van der Waals surface area contributed by atoms with E-state index in [9.17, 15) is 4.79 Å². The Balaban J connectivity index is 0.00000200. The Hall–Kier alpha value is -1.10. The molecule has 20 heavy (non-hydrogen) atoms. The molecule has 2 rings (SSSR count). The van der Waals surface area contributed by atoms with Gasteiger partial charge in [0, 0.05) is 12.2 Å². The van der Waals surface area contributed by atoms with Gasteiger partial charge in [0.05, 0.1) is 6.10 Å². The van der Waals surface area contributed by atoms with Crippen LogP contribution in [-0.4, -0.2) is 18.6 Å². The standard InChI is InChI=1S/C15H22N2O2.ClH/c16-10-12-6-8-13(9-7-12)17-15(18)11-19-14-4-2-1-3-5-14;/h6-9,14H,1-5,10-11,16H2,(H,17,18);1H. The molecule has 0 atom stereocenters. The SMILES string of the molecule is Cl.NCc1ccc(NC(=O)COC2CCCCC2)cc1. The summed E-state index contributed by atoms with van der Waals surface area (Å²) in [5.74, 6) is -0.0916. The Morgan fingerprint density at radius 2 is 1.85 bits per heavy atom. The van der Waals surface area contributed by atoms with Gasteiger partial charge < -0.3 is 15.8 Å². The van der Waals surface area contributed by atoms with Gasteiger partial charge in [0.25, 0.3) is 0 Å². The van der Waals surface area contributed by atoms with Crippen molar-refractivity contribution in [3.63, 3.8) is 0 Å². The van der Waals surface area contributed by atoms with Crippen LogP contribution in [-0.2, 0) is 16.1 Å². The van der Waals surface area contributed by atoms with Gasteiger partial charge in [-0.2, -0.15) is 0 Å². The minimum absolute atomic E-state index is 0. The van der Waals surface area contributed by atoms with Crippen molar-refractivity contribution in [2.45, 2.75) is 44.8 Å². The molecule has 0 unspecified atom stereocenters. The lowest BCUT2D eigenvalue weighted by molar-refractivity contribution is -0.123. The molecule has 112 valence electrons. The maximum absolute atomic E-state index is 11.7. The second kappa shape index (κ2) is 8.95. The Kier molecular flexibility index (Phi) is 7.59. The molecule has 1 aromatic carbocycles. The van der Waals surface area contributed by atoms with Gasteiger partial charge in [-0.25, -0.2) is 0 Å². The fraction of sp³-hybridized carbons (Fsp3) is 0.533. The summed E-state index contributed by atoms with van der Waals surface area (Å²) in [4.78, 5) is 11.7. The van der Waals surface area contributed by atoms with Crippen molar-refractivity contribution in [2.24, 2.45) is 5.73 Å². The number of carbonyl (C=O) groups excluding carboxylic acids is 1. The van der Waals surface area contributed by atoms with Gasteiger partial charge in [0.2, 0.25) is 5.91 Å². The van der Waals surface area contributed by atoms with Crippen molar-refractivity contribution in [3.8, 4) is 0 Å². The highest BCUT2D eigenvalue weighted by atomic mass is 35.5. The van der Waals surface area contributed by atoms with Gasteiger partial charge in [-0.1, -0.05) is 31.4 Å². The molecule has 3 N–H and O–H groups in total. The van der Waals surface area contributed by atoms with E-state index in [4.69, 9.17) is 10.5 Å². The van der Waals surface area contributed by atoms with Crippen LogP contribution in [0.2, 0.25) is 0 Å². The van der Waals surface area contributed by atoms with Crippen molar-refractivity contribution in [2.75, 3.05) is 11.9 Å². The highest BCUT2D eigenvalue weighted by molar-refractivity contribution is 5.91. The van der Waals surface area contributed by atoms with E-state index in [1.54, 1.807) is 0 Å². The van der Waals surface area contributed by atoms with Crippen molar-refractivity contribution in [1.82, 2.24) is 0 Å². The third-order valence-electron chi connectivity index (χ3n) is 3.48. The molecule has 0 spiro atoms. The van der Waals surface area contributed by atoms with Gasteiger partial charge in [-0.15, -0.1) is 12.4 Å². The van der Waals surface area contributed by atoms with Crippen molar-refractivity contribution in [1.29, 1.82) is 0 Å². The Bertz CT molecular complexity index is 403. The van der Waals surface area contributed by atoms with Gasteiger partial charge in [-0.3, -0.25) is 4.79 Å². The van der Waals surface area contributed by atoms with E-state index in [0.29, 0.717) is 6.54 Å². The first kappa shape index (κ1) is 17.0. The maximum Gasteiger partial charge on any atom is 0.250 e. The fourth-order valence-electron chi connectivity index (χ4n) is 2.35. The summed E-state index contributed by atoms with van der Waals surface area (Å²) in [7, 11) is 0. The highest BCUT2D eigenvalue weighted by Crippen LogP contribution is 2.20. The predicted molar refractivity (Wildman–Crippen MR) is 83.0 cm³/mol. The number of hydrogen-bond donors (Lipinski definition) is 2. The minimum Gasteiger partial charge on any atom is -0.368 e. The van der Waals surface area contributed by atoms with Crippen LogP contribution in [0.25, 0.3) is 0 Å². The number of hydrogen-bond acceptors (Lipinski definition) is 3. The van der Waals surface area contributed by atoms with Crippen molar-refractivity contribution >= 4 is 24.0 Å². The second-order valence-electron chi connectivity index (χ2n) is 5.02. The molecule has 1 saturated carbocycles. The predicted octanol–water partition coefficient (Wildman–Crippen LogP) is 2.85. The lowest BCUT2D eigenvalue weighted by Crippen LogP contribution is -2.24. The van der Waals surface area contributed by atoms with E-state index in [1.807, 2.05) is 24.3 Å².